The van der Waals surface area contributed by atoms with Gasteiger partial charge in [-0.1, -0.05) is 72.8 Å². The SMILES string of the molecule is [C-]#[N+]c1ccc(N(c2ccc3sc4ccccc4c3c2)c2cccc3c2c2ccccc2n3-c2ccc3sc4ccccc4c3c2)cc1. The second kappa shape index (κ2) is 10.5. The minimum atomic E-state index is 0.629. The van der Waals surface area contributed by atoms with Crippen LogP contribution in [0.1, 0.15) is 0 Å². The molecule has 0 fully saturated rings. The number of nitrogens with zero attached hydrogens (tertiary/aromatic N) is 3. The molecule has 0 aliphatic rings. The number of fused-ring (bicyclic) bond motifs is 9. The van der Waals surface area contributed by atoms with Crippen molar-refractivity contribution in [2.45, 2.75) is 0 Å². The lowest BCUT2D eigenvalue weighted by atomic mass is 10.1. The Labute approximate surface area is 284 Å². The van der Waals surface area contributed by atoms with Crippen LogP contribution in [0.3, 0.4) is 0 Å². The Hall–Kier alpha value is -5.93. The van der Waals surface area contributed by atoms with Gasteiger partial charge in [-0.2, -0.15) is 0 Å². The van der Waals surface area contributed by atoms with Crippen molar-refractivity contribution in [3.63, 3.8) is 0 Å². The van der Waals surface area contributed by atoms with E-state index >= 15 is 0 Å². The summed E-state index contributed by atoms with van der Waals surface area (Å²) < 4.78 is 7.58. The minimum absolute atomic E-state index is 0.629. The third kappa shape index (κ3) is 4.04. The Bertz CT molecular complexity index is 2920. The summed E-state index contributed by atoms with van der Waals surface area (Å²) in [5.74, 6) is 0. The zero-order valence-corrected chi connectivity index (χ0v) is 27.2. The number of rotatable bonds is 4. The normalized spacial score (nSPS) is 11.7. The molecule has 0 spiro atoms. The second-order valence-electron chi connectivity index (χ2n) is 12.0. The summed E-state index contributed by atoms with van der Waals surface area (Å²) in [7, 11) is 0. The molecule has 0 radical (unpaired) electrons. The molecular formula is C43H25N3S2. The van der Waals surface area contributed by atoms with E-state index < -0.39 is 0 Å². The van der Waals surface area contributed by atoms with Crippen molar-refractivity contribution >= 4 is 108 Å². The van der Waals surface area contributed by atoms with Gasteiger partial charge in [-0.25, -0.2) is 4.85 Å². The standard InChI is InChI=1S/C43H25N3S2/c1-44-27-17-19-28(20-18-27)45(29-21-23-41-34(25-29)31-9-3-6-15-39(31)47-41)37-13-8-14-38-43(37)33-11-2-5-12-36(33)46(38)30-22-24-42-35(26-30)32-10-4-7-16-40(32)48-42/h2-26H. The van der Waals surface area contributed by atoms with E-state index in [9.17, 15) is 0 Å². The van der Waals surface area contributed by atoms with E-state index in [4.69, 9.17) is 6.57 Å². The van der Waals surface area contributed by atoms with Crippen molar-refractivity contribution in [3.8, 4) is 5.69 Å². The van der Waals surface area contributed by atoms with E-state index in [2.05, 4.69) is 154 Å². The van der Waals surface area contributed by atoms with Gasteiger partial charge >= 0.3 is 0 Å². The molecule has 10 aromatic rings. The van der Waals surface area contributed by atoms with E-state index in [-0.39, 0.29) is 0 Å². The lowest BCUT2D eigenvalue weighted by Gasteiger charge is -2.27. The molecule has 0 bridgehead atoms. The first-order valence-electron chi connectivity index (χ1n) is 15.9. The van der Waals surface area contributed by atoms with Crippen LogP contribution >= 0.6 is 22.7 Å². The first-order valence-corrected chi connectivity index (χ1v) is 17.5. The molecule has 0 amide bonds. The van der Waals surface area contributed by atoms with Gasteiger partial charge in [0, 0.05) is 68.2 Å². The van der Waals surface area contributed by atoms with Crippen LogP contribution in [-0.2, 0) is 0 Å². The van der Waals surface area contributed by atoms with Gasteiger partial charge < -0.3 is 9.47 Å². The van der Waals surface area contributed by atoms with Gasteiger partial charge in [-0.05, 0) is 78.9 Å². The summed E-state index contributed by atoms with van der Waals surface area (Å²) in [5.41, 5.74) is 7.28. The molecule has 0 saturated heterocycles. The third-order valence-electron chi connectivity index (χ3n) is 9.39. The molecule has 5 heteroatoms. The van der Waals surface area contributed by atoms with E-state index in [1.165, 1.54) is 56.6 Å². The smallest absolute Gasteiger partial charge is 0.187 e. The number of benzene rings is 7. The summed E-state index contributed by atoms with van der Waals surface area (Å²) >= 11 is 3.68. The molecule has 10 rings (SSSR count). The molecule has 0 atom stereocenters. The van der Waals surface area contributed by atoms with E-state index in [0.717, 1.165) is 28.3 Å². The zero-order chi connectivity index (χ0) is 31.8. The second-order valence-corrected chi connectivity index (χ2v) is 14.2. The minimum Gasteiger partial charge on any atom is -0.310 e. The van der Waals surface area contributed by atoms with Crippen LogP contribution in [0.5, 0.6) is 0 Å². The number of aromatic nitrogens is 1. The van der Waals surface area contributed by atoms with E-state index in [1.54, 1.807) is 0 Å². The molecule has 3 nitrogen and oxygen atoms in total. The lowest BCUT2D eigenvalue weighted by molar-refractivity contribution is 1.19. The van der Waals surface area contributed by atoms with Crippen LogP contribution in [0.25, 0.3) is 72.7 Å². The maximum atomic E-state index is 7.58. The van der Waals surface area contributed by atoms with Crippen molar-refractivity contribution in [2.24, 2.45) is 0 Å². The van der Waals surface area contributed by atoms with E-state index in [1.807, 2.05) is 34.8 Å². The summed E-state index contributed by atoms with van der Waals surface area (Å²) in [5, 5.41) is 7.49. The molecule has 0 saturated carbocycles. The first kappa shape index (κ1) is 27.2. The predicted octanol–water partition coefficient (Wildman–Crippen LogP) is 13.5. The molecule has 3 aromatic heterocycles. The maximum Gasteiger partial charge on any atom is 0.187 e. The average Bonchev–Trinajstić information content (AvgIpc) is 3.81. The predicted molar refractivity (Wildman–Crippen MR) is 208 cm³/mol. The Morgan fingerprint density at radius 3 is 1.79 bits per heavy atom. The fourth-order valence-electron chi connectivity index (χ4n) is 7.27. The largest absolute Gasteiger partial charge is 0.310 e. The van der Waals surface area contributed by atoms with E-state index in [0.29, 0.717) is 5.69 Å². The highest BCUT2D eigenvalue weighted by molar-refractivity contribution is 7.26. The number of hydrogen-bond acceptors (Lipinski definition) is 3. The van der Waals surface area contributed by atoms with Crippen LogP contribution in [0.4, 0.5) is 22.7 Å². The van der Waals surface area contributed by atoms with Crippen LogP contribution < -0.4 is 4.90 Å². The van der Waals surface area contributed by atoms with Crippen molar-refractivity contribution in [1.82, 2.24) is 4.57 Å². The maximum absolute atomic E-state index is 7.58. The van der Waals surface area contributed by atoms with Crippen molar-refractivity contribution < 1.29 is 0 Å². The van der Waals surface area contributed by atoms with Crippen LogP contribution in [0.2, 0.25) is 0 Å². The van der Waals surface area contributed by atoms with Gasteiger partial charge in [0.2, 0.25) is 0 Å². The van der Waals surface area contributed by atoms with Gasteiger partial charge in [-0.3, -0.25) is 0 Å². The molecular weight excluding hydrogens is 623 g/mol. The fraction of sp³-hybridized carbons (Fsp3) is 0. The quantitative estimate of drug-likeness (QED) is 0.173. The van der Waals surface area contributed by atoms with Gasteiger partial charge in [-0.15, -0.1) is 22.7 Å². The summed E-state index contributed by atoms with van der Waals surface area (Å²) in [6.45, 7) is 7.58. The van der Waals surface area contributed by atoms with Crippen LogP contribution in [0.15, 0.2) is 152 Å². The molecule has 0 aliphatic heterocycles. The zero-order valence-electron chi connectivity index (χ0n) is 25.6. The highest BCUT2D eigenvalue weighted by atomic mass is 32.1. The van der Waals surface area contributed by atoms with Gasteiger partial charge in [0.15, 0.2) is 5.69 Å². The summed E-state index contributed by atoms with van der Waals surface area (Å²) in [6, 6.07) is 54.4. The molecule has 224 valence electrons. The molecule has 0 unspecified atom stereocenters. The third-order valence-corrected chi connectivity index (χ3v) is 11.7. The van der Waals surface area contributed by atoms with Crippen molar-refractivity contribution in [2.75, 3.05) is 4.90 Å². The van der Waals surface area contributed by atoms with Crippen LogP contribution in [0, 0.1) is 6.57 Å². The molecule has 3 heterocycles. The highest BCUT2D eigenvalue weighted by Gasteiger charge is 2.22. The Morgan fingerprint density at radius 1 is 0.479 bits per heavy atom. The molecule has 48 heavy (non-hydrogen) atoms. The number of anilines is 3. The van der Waals surface area contributed by atoms with Gasteiger partial charge in [0.05, 0.1) is 23.3 Å². The number of hydrogen-bond donors (Lipinski definition) is 0. The summed E-state index contributed by atoms with van der Waals surface area (Å²) in [4.78, 5) is 6.03. The first-order chi connectivity index (χ1) is 23.7. The highest BCUT2D eigenvalue weighted by Crippen LogP contribution is 2.46. The topological polar surface area (TPSA) is 12.5 Å². The fourth-order valence-corrected chi connectivity index (χ4v) is 9.45. The van der Waals surface area contributed by atoms with Gasteiger partial charge in [0.1, 0.15) is 0 Å². The average molecular weight is 648 g/mol. The Balaban J connectivity index is 1.26. The van der Waals surface area contributed by atoms with Crippen molar-refractivity contribution in [1.29, 1.82) is 0 Å². The molecule has 0 aliphatic carbocycles. The van der Waals surface area contributed by atoms with Crippen LogP contribution in [-0.4, -0.2) is 4.57 Å². The number of thiophene rings is 2. The lowest BCUT2D eigenvalue weighted by Crippen LogP contribution is -2.10. The Morgan fingerprint density at radius 2 is 1.06 bits per heavy atom. The Kier molecular flexibility index (Phi) is 5.98. The molecule has 7 aromatic carbocycles. The molecule has 0 N–H and O–H groups in total. The van der Waals surface area contributed by atoms with Crippen molar-refractivity contribution in [3.05, 3.63) is 163 Å². The van der Waals surface area contributed by atoms with Gasteiger partial charge in [0.25, 0.3) is 0 Å². The summed E-state index contributed by atoms with van der Waals surface area (Å²) in [6.07, 6.45) is 0. The monoisotopic (exact) mass is 647 g/mol. The number of para-hydroxylation sites is 1.